The standard InChI is InChI=1S/C18H16FN3O2/c19-17-16(21-15-7-3-4-9-22(15)17)18(23)20-11-14-13-6-2-1-5-12(13)8-10-24-14/h1-7,9,14H,8,10-11H2,(H,20,23). The minimum Gasteiger partial charge on any atom is -0.371 e. The lowest BCUT2D eigenvalue weighted by molar-refractivity contribution is 0.0410. The first-order valence-corrected chi connectivity index (χ1v) is 7.84. The van der Waals surface area contributed by atoms with E-state index in [-0.39, 0.29) is 18.3 Å². The maximum absolute atomic E-state index is 14.3. The smallest absolute Gasteiger partial charge is 0.274 e. The van der Waals surface area contributed by atoms with E-state index in [9.17, 15) is 9.18 Å². The highest BCUT2D eigenvalue weighted by atomic mass is 19.1. The summed E-state index contributed by atoms with van der Waals surface area (Å²) in [5.41, 5.74) is 2.49. The number of aromatic nitrogens is 2. The molecular weight excluding hydrogens is 309 g/mol. The molecule has 0 spiro atoms. The molecule has 4 rings (SSSR count). The van der Waals surface area contributed by atoms with Crippen LogP contribution in [0, 0.1) is 5.95 Å². The molecule has 1 aliphatic heterocycles. The highest BCUT2D eigenvalue weighted by Gasteiger charge is 2.23. The quantitative estimate of drug-likeness (QED) is 0.805. The highest BCUT2D eigenvalue weighted by molar-refractivity contribution is 5.93. The van der Waals surface area contributed by atoms with Crippen molar-refractivity contribution in [1.82, 2.24) is 14.7 Å². The number of hydrogen-bond acceptors (Lipinski definition) is 3. The number of fused-ring (bicyclic) bond motifs is 2. The van der Waals surface area contributed by atoms with Crippen molar-refractivity contribution < 1.29 is 13.9 Å². The van der Waals surface area contributed by atoms with E-state index in [0.29, 0.717) is 12.3 Å². The number of imidazole rings is 1. The molecule has 0 aliphatic carbocycles. The van der Waals surface area contributed by atoms with Crippen molar-refractivity contribution in [3.63, 3.8) is 0 Å². The fraction of sp³-hybridized carbons (Fsp3) is 0.222. The van der Waals surface area contributed by atoms with Gasteiger partial charge in [0.05, 0.1) is 6.61 Å². The zero-order valence-electron chi connectivity index (χ0n) is 12.9. The van der Waals surface area contributed by atoms with Crippen molar-refractivity contribution in [2.75, 3.05) is 13.2 Å². The summed E-state index contributed by atoms with van der Waals surface area (Å²) in [7, 11) is 0. The Morgan fingerprint density at radius 2 is 2.12 bits per heavy atom. The zero-order chi connectivity index (χ0) is 16.5. The lowest BCUT2D eigenvalue weighted by atomic mass is 9.97. The third-order valence-electron chi connectivity index (χ3n) is 4.23. The number of rotatable bonds is 3. The first-order chi connectivity index (χ1) is 11.7. The predicted molar refractivity (Wildman–Crippen MR) is 86.3 cm³/mol. The van der Waals surface area contributed by atoms with E-state index in [2.05, 4.69) is 16.4 Å². The third-order valence-corrected chi connectivity index (χ3v) is 4.23. The molecule has 1 aromatic carbocycles. The molecule has 3 aromatic rings. The van der Waals surface area contributed by atoms with Crippen molar-refractivity contribution in [3.8, 4) is 0 Å². The van der Waals surface area contributed by atoms with Gasteiger partial charge >= 0.3 is 0 Å². The van der Waals surface area contributed by atoms with Crippen LogP contribution in [0.1, 0.15) is 27.7 Å². The Morgan fingerprint density at radius 1 is 1.29 bits per heavy atom. The van der Waals surface area contributed by atoms with Crippen molar-refractivity contribution in [2.24, 2.45) is 0 Å². The van der Waals surface area contributed by atoms with Crippen molar-refractivity contribution in [1.29, 1.82) is 0 Å². The monoisotopic (exact) mass is 325 g/mol. The van der Waals surface area contributed by atoms with Gasteiger partial charge in [-0.3, -0.25) is 9.20 Å². The lowest BCUT2D eigenvalue weighted by Crippen LogP contribution is -2.32. The summed E-state index contributed by atoms with van der Waals surface area (Å²) >= 11 is 0. The van der Waals surface area contributed by atoms with E-state index in [0.717, 1.165) is 12.0 Å². The highest BCUT2D eigenvalue weighted by Crippen LogP contribution is 2.26. The number of nitrogens with zero attached hydrogens (tertiary/aromatic N) is 2. The number of carbonyl (C=O) groups is 1. The van der Waals surface area contributed by atoms with Gasteiger partial charge in [0, 0.05) is 12.7 Å². The van der Waals surface area contributed by atoms with Gasteiger partial charge in [-0.1, -0.05) is 30.3 Å². The molecule has 1 N–H and O–H groups in total. The minimum absolute atomic E-state index is 0.203. The fourth-order valence-corrected chi connectivity index (χ4v) is 3.03. The summed E-state index contributed by atoms with van der Waals surface area (Å²) in [5, 5.41) is 2.73. The van der Waals surface area contributed by atoms with Crippen LogP contribution in [0.5, 0.6) is 0 Å². The first-order valence-electron chi connectivity index (χ1n) is 7.84. The lowest BCUT2D eigenvalue weighted by Gasteiger charge is -2.26. The molecule has 2 aromatic heterocycles. The predicted octanol–water partition coefficient (Wildman–Crippen LogP) is 2.52. The third kappa shape index (κ3) is 2.55. The molecule has 1 aliphatic rings. The molecule has 0 fully saturated rings. The second-order valence-corrected chi connectivity index (χ2v) is 5.70. The van der Waals surface area contributed by atoms with Crippen molar-refractivity contribution >= 4 is 11.6 Å². The number of pyridine rings is 1. The Hall–Kier alpha value is -2.73. The Labute approximate surface area is 138 Å². The topological polar surface area (TPSA) is 55.6 Å². The van der Waals surface area contributed by atoms with Gasteiger partial charge in [0.25, 0.3) is 5.91 Å². The zero-order valence-corrected chi connectivity index (χ0v) is 12.9. The van der Waals surface area contributed by atoms with E-state index in [1.54, 1.807) is 18.2 Å². The Morgan fingerprint density at radius 3 is 3.00 bits per heavy atom. The number of ether oxygens (including phenoxy) is 1. The number of benzene rings is 1. The van der Waals surface area contributed by atoms with Crippen LogP contribution in [0.25, 0.3) is 5.65 Å². The first kappa shape index (κ1) is 14.8. The molecule has 0 bridgehead atoms. The fourth-order valence-electron chi connectivity index (χ4n) is 3.03. The summed E-state index contributed by atoms with van der Waals surface area (Å²) in [6.45, 7) is 0.892. The van der Waals surface area contributed by atoms with Gasteiger partial charge < -0.3 is 10.1 Å². The second-order valence-electron chi connectivity index (χ2n) is 5.70. The molecule has 6 heteroatoms. The van der Waals surface area contributed by atoms with E-state index >= 15 is 0 Å². The van der Waals surface area contributed by atoms with Gasteiger partial charge in [-0.2, -0.15) is 4.39 Å². The van der Waals surface area contributed by atoms with Gasteiger partial charge in [-0.05, 0) is 29.7 Å². The Kier molecular flexibility index (Phi) is 3.74. The number of amides is 1. The van der Waals surface area contributed by atoms with Crippen LogP contribution in [-0.2, 0) is 11.2 Å². The average Bonchev–Trinajstić information content (AvgIpc) is 2.97. The van der Waals surface area contributed by atoms with Crippen LogP contribution in [0.15, 0.2) is 48.7 Å². The molecule has 0 saturated carbocycles. The maximum atomic E-state index is 14.3. The molecule has 24 heavy (non-hydrogen) atoms. The van der Waals surface area contributed by atoms with Crippen LogP contribution in [0.3, 0.4) is 0 Å². The second kappa shape index (κ2) is 6.05. The molecule has 1 unspecified atom stereocenters. The van der Waals surface area contributed by atoms with Gasteiger partial charge in [-0.25, -0.2) is 4.98 Å². The molecule has 0 radical (unpaired) electrons. The molecule has 1 amide bonds. The normalized spacial score (nSPS) is 16.8. The largest absolute Gasteiger partial charge is 0.371 e. The number of nitrogens with one attached hydrogen (secondary N) is 1. The SMILES string of the molecule is O=C(NCC1OCCc2ccccc21)c1nc2ccccn2c1F. The summed E-state index contributed by atoms with van der Waals surface area (Å²) in [5.74, 6) is -1.20. The van der Waals surface area contributed by atoms with Gasteiger partial charge in [-0.15, -0.1) is 0 Å². The molecule has 3 heterocycles. The van der Waals surface area contributed by atoms with Crippen molar-refractivity contribution in [2.45, 2.75) is 12.5 Å². The summed E-state index contributed by atoms with van der Waals surface area (Å²) in [4.78, 5) is 16.4. The van der Waals surface area contributed by atoms with Gasteiger partial charge in [0.15, 0.2) is 5.69 Å². The van der Waals surface area contributed by atoms with Gasteiger partial charge in [0.1, 0.15) is 11.8 Å². The van der Waals surface area contributed by atoms with Gasteiger partial charge in [0.2, 0.25) is 5.95 Å². The summed E-state index contributed by atoms with van der Waals surface area (Å²) < 4.78 is 21.3. The van der Waals surface area contributed by atoms with Crippen LogP contribution in [0.4, 0.5) is 4.39 Å². The van der Waals surface area contributed by atoms with Crippen molar-refractivity contribution in [3.05, 3.63) is 71.4 Å². The molecule has 122 valence electrons. The van der Waals surface area contributed by atoms with E-state index < -0.39 is 11.9 Å². The van der Waals surface area contributed by atoms with E-state index in [1.807, 2.05) is 18.2 Å². The number of hydrogen-bond donors (Lipinski definition) is 1. The van der Waals surface area contributed by atoms with Crippen LogP contribution in [0.2, 0.25) is 0 Å². The number of halogens is 1. The summed E-state index contributed by atoms with van der Waals surface area (Å²) in [6.07, 6.45) is 2.18. The van der Waals surface area contributed by atoms with Crippen LogP contribution >= 0.6 is 0 Å². The maximum Gasteiger partial charge on any atom is 0.274 e. The van der Waals surface area contributed by atoms with E-state index in [4.69, 9.17) is 4.74 Å². The molecule has 0 saturated heterocycles. The Balaban J connectivity index is 1.52. The van der Waals surface area contributed by atoms with E-state index in [1.165, 1.54) is 16.2 Å². The molecule has 1 atom stereocenters. The number of carbonyl (C=O) groups excluding carboxylic acids is 1. The summed E-state index contributed by atoms with van der Waals surface area (Å²) in [6, 6.07) is 13.1. The van der Waals surface area contributed by atoms with Crippen LogP contribution < -0.4 is 5.32 Å². The Bertz CT molecular complexity index is 906. The minimum atomic E-state index is -0.659. The molecule has 5 nitrogen and oxygen atoms in total. The average molecular weight is 325 g/mol. The molecular formula is C18H16FN3O2. The van der Waals surface area contributed by atoms with Crippen LogP contribution in [-0.4, -0.2) is 28.4 Å².